The molecule has 0 unspecified atom stereocenters. The Labute approximate surface area is 68.3 Å². The van der Waals surface area contributed by atoms with E-state index in [1.54, 1.807) is 13.2 Å². The zero-order valence-electron chi connectivity index (χ0n) is 6.92. The number of hydrogen-bond acceptors (Lipinski definition) is 2. The molecule has 64 valence electrons. The van der Waals surface area contributed by atoms with E-state index < -0.39 is 14.9 Å². The fourth-order valence-electron chi connectivity index (χ4n) is 1.26. The number of nitrogens with one attached hydrogen (secondary N) is 1. The monoisotopic (exact) mass is 174 g/mol. The summed E-state index contributed by atoms with van der Waals surface area (Å²) in [6, 6.07) is 2.14. The SMILES string of the molecule is C[C@]1(C#N)CCCN[SH]1(C)=O. The number of hydrogen-bond donors (Lipinski definition) is 2. The van der Waals surface area contributed by atoms with Gasteiger partial charge in [0.05, 0.1) is 6.07 Å². The van der Waals surface area contributed by atoms with Crippen LogP contribution in [0.2, 0.25) is 0 Å². The Morgan fingerprint density at radius 3 is 2.73 bits per heavy atom. The lowest BCUT2D eigenvalue weighted by atomic mass is 10.1. The van der Waals surface area contributed by atoms with Crippen molar-refractivity contribution in [1.29, 1.82) is 5.26 Å². The minimum Gasteiger partial charge on any atom is -0.270 e. The van der Waals surface area contributed by atoms with E-state index in [-0.39, 0.29) is 0 Å². The molecule has 0 aromatic rings. The van der Waals surface area contributed by atoms with Crippen molar-refractivity contribution in [2.24, 2.45) is 0 Å². The molecule has 0 bridgehead atoms. The van der Waals surface area contributed by atoms with Crippen LogP contribution in [-0.4, -0.2) is 21.8 Å². The standard InChI is InChI=1S/C7H14N2OS/c1-7(6-8)4-3-5-9-11(7,2)10/h11H,3-5H2,1-2H3,(H,9,10)/t7-/m1/s1. The molecule has 1 atom stereocenters. The largest absolute Gasteiger partial charge is 0.270 e. The van der Waals surface area contributed by atoms with Crippen LogP contribution in [0.5, 0.6) is 0 Å². The molecule has 0 amide bonds. The van der Waals surface area contributed by atoms with Gasteiger partial charge in [0.2, 0.25) is 0 Å². The Morgan fingerprint density at radius 2 is 2.36 bits per heavy atom. The van der Waals surface area contributed by atoms with Crippen molar-refractivity contribution in [3.8, 4) is 6.07 Å². The van der Waals surface area contributed by atoms with Gasteiger partial charge in [-0.3, -0.25) is 8.93 Å². The molecular weight excluding hydrogens is 160 g/mol. The summed E-state index contributed by atoms with van der Waals surface area (Å²) >= 11 is 0. The van der Waals surface area contributed by atoms with Crippen LogP contribution >= 0.6 is 0 Å². The van der Waals surface area contributed by atoms with E-state index in [9.17, 15) is 4.21 Å². The summed E-state index contributed by atoms with van der Waals surface area (Å²) in [4.78, 5) is 0. The molecule has 0 aromatic heterocycles. The van der Waals surface area contributed by atoms with Crippen molar-refractivity contribution < 1.29 is 4.21 Å². The van der Waals surface area contributed by atoms with Crippen molar-refractivity contribution in [2.75, 3.05) is 12.8 Å². The van der Waals surface area contributed by atoms with Gasteiger partial charge < -0.3 is 0 Å². The third-order valence-electron chi connectivity index (χ3n) is 2.44. The molecule has 1 rings (SSSR count). The Kier molecular flexibility index (Phi) is 2.04. The molecule has 1 fully saturated rings. The second-order valence-electron chi connectivity index (χ2n) is 3.32. The quantitative estimate of drug-likeness (QED) is 0.516. The first-order valence-corrected chi connectivity index (χ1v) is 5.91. The second-order valence-corrected chi connectivity index (χ2v) is 6.47. The minimum absolute atomic E-state index is 0.634. The molecule has 1 aliphatic rings. The molecule has 0 spiro atoms. The zero-order valence-corrected chi connectivity index (χ0v) is 7.82. The highest BCUT2D eigenvalue weighted by atomic mass is 32.3. The van der Waals surface area contributed by atoms with Crippen LogP contribution < -0.4 is 4.72 Å². The highest BCUT2D eigenvalue weighted by molar-refractivity contribution is 8.02. The van der Waals surface area contributed by atoms with E-state index in [0.717, 1.165) is 19.4 Å². The normalized spacial score (nSPS) is 39.0. The van der Waals surface area contributed by atoms with Crippen LogP contribution in [0, 0.1) is 11.3 Å². The summed E-state index contributed by atoms with van der Waals surface area (Å²) in [5, 5.41) is 8.82. The summed E-state index contributed by atoms with van der Waals surface area (Å²) in [5.74, 6) is 0. The molecule has 0 aromatic carbocycles. The maximum Gasteiger partial charge on any atom is 0.118 e. The molecule has 1 heterocycles. The summed E-state index contributed by atoms with van der Waals surface area (Å²) in [5.41, 5.74) is 0. The van der Waals surface area contributed by atoms with Gasteiger partial charge in [0.1, 0.15) is 4.75 Å². The van der Waals surface area contributed by atoms with Gasteiger partial charge in [-0.2, -0.15) is 5.26 Å². The number of thiol groups is 1. The zero-order chi connectivity index (χ0) is 8.54. The predicted octanol–water partition coefficient (Wildman–Crippen LogP) is 0.214. The third kappa shape index (κ3) is 1.31. The van der Waals surface area contributed by atoms with Crippen LogP contribution in [0.3, 0.4) is 0 Å². The first kappa shape index (κ1) is 8.69. The predicted molar refractivity (Wildman–Crippen MR) is 46.7 cm³/mol. The number of rotatable bonds is 0. The van der Waals surface area contributed by atoms with Crippen LogP contribution in [0.1, 0.15) is 19.8 Å². The highest BCUT2D eigenvalue weighted by Gasteiger charge is 2.38. The molecule has 0 saturated carbocycles. The fourth-order valence-corrected chi connectivity index (χ4v) is 2.97. The molecule has 1 aliphatic heterocycles. The highest BCUT2D eigenvalue weighted by Crippen LogP contribution is 2.28. The second kappa shape index (κ2) is 2.58. The molecule has 11 heavy (non-hydrogen) atoms. The van der Waals surface area contributed by atoms with Gasteiger partial charge in [-0.05, 0) is 29.9 Å². The molecule has 1 N–H and O–H groups in total. The van der Waals surface area contributed by atoms with Gasteiger partial charge in [0.25, 0.3) is 0 Å². The fraction of sp³-hybridized carbons (Fsp3) is 0.857. The Bertz CT molecular complexity index is 245. The minimum atomic E-state index is -2.42. The van der Waals surface area contributed by atoms with Gasteiger partial charge in [-0.15, -0.1) is 0 Å². The first-order chi connectivity index (χ1) is 5.02. The lowest BCUT2D eigenvalue weighted by Crippen LogP contribution is -2.52. The van der Waals surface area contributed by atoms with Crippen molar-refractivity contribution in [1.82, 2.24) is 4.72 Å². The van der Waals surface area contributed by atoms with Crippen LogP contribution in [0.4, 0.5) is 0 Å². The molecule has 4 heteroatoms. The maximum absolute atomic E-state index is 11.8. The lowest BCUT2D eigenvalue weighted by molar-refractivity contribution is 0.553. The maximum atomic E-state index is 11.8. The number of nitriles is 1. The smallest absolute Gasteiger partial charge is 0.118 e. The third-order valence-corrected chi connectivity index (χ3v) is 5.47. The number of nitrogens with zero attached hydrogens (tertiary/aromatic N) is 1. The molecule has 3 nitrogen and oxygen atoms in total. The van der Waals surface area contributed by atoms with E-state index in [0.29, 0.717) is 0 Å². The Balaban J connectivity index is 2.95. The summed E-state index contributed by atoms with van der Waals surface area (Å²) in [6.07, 6.45) is 3.36. The average Bonchev–Trinajstić information content (AvgIpc) is 1.95. The van der Waals surface area contributed by atoms with E-state index >= 15 is 0 Å². The average molecular weight is 174 g/mol. The first-order valence-electron chi connectivity index (χ1n) is 3.76. The molecular formula is C7H14N2OS. The Morgan fingerprint density at radius 1 is 1.73 bits per heavy atom. The van der Waals surface area contributed by atoms with Crippen molar-refractivity contribution in [3.05, 3.63) is 0 Å². The summed E-state index contributed by atoms with van der Waals surface area (Å²) in [7, 11) is -2.42. The van der Waals surface area contributed by atoms with Crippen LogP contribution in [0.25, 0.3) is 0 Å². The molecule has 1 saturated heterocycles. The van der Waals surface area contributed by atoms with Crippen molar-refractivity contribution in [2.45, 2.75) is 24.5 Å². The topological polar surface area (TPSA) is 52.9 Å². The van der Waals surface area contributed by atoms with E-state index in [1.807, 2.05) is 0 Å². The van der Waals surface area contributed by atoms with Gasteiger partial charge in [0.15, 0.2) is 0 Å². The summed E-state index contributed by atoms with van der Waals surface area (Å²) < 4.78 is 14.1. The van der Waals surface area contributed by atoms with Gasteiger partial charge in [0, 0.05) is 12.8 Å². The van der Waals surface area contributed by atoms with Gasteiger partial charge >= 0.3 is 0 Å². The Hall–Kier alpha value is -0.400. The lowest BCUT2D eigenvalue weighted by Gasteiger charge is -2.38. The van der Waals surface area contributed by atoms with E-state index in [4.69, 9.17) is 5.26 Å². The van der Waals surface area contributed by atoms with E-state index in [1.165, 1.54) is 0 Å². The van der Waals surface area contributed by atoms with Gasteiger partial charge in [-0.1, -0.05) is 0 Å². The van der Waals surface area contributed by atoms with Crippen LogP contribution in [0.15, 0.2) is 0 Å². The van der Waals surface area contributed by atoms with Crippen molar-refractivity contribution >= 4 is 10.1 Å². The van der Waals surface area contributed by atoms with Gasteiger partial charge in [-0.25, -0.2) is 0 Å². The molecule has 0 aliphatic carbocycles. The van der Waals surface area contributed by atoms with Crippen molar-refractivity contribution in [3.63, 3.8) is 0 Å². The van der Waals surface area contributed by atoms with Crippen LogP contribution in [-0.2, 0) is 10.1 Å². The molecule has 0 radical (unpaired) electrons. The summed E-state index contributed by atoms with van der Waals surface area (Å²) in [6.45, 7) is 2.56. The van der Waals surface area contributed by atoms with E-state index in [2.05, 4.69) is 10.8 Å².